The Balaban J connectivity index is 2.62. The summed E-state index contributed by atoms with van der Waals surface area (Å²) in [6.45, 7) is 15.6. The number of hydrogen-bond acceptors (Lipinski definition) is 2. The van der Waals surface area contributed by atoms with Crippen LogP contribution in [0.25, 0.3) is 0 Å². The van der Waals surface area contributed by atoms with Crippen molar-refractivity contribution in [3.63, 3.8) is 0 Å². The molecule has 0 aromatic heterocycles. The molecule has 2 nitrogen and oxygen atoms in total. The first-order valence-electron chi connectivity index (χ1n) is 5.98. The van der Waals surface area contributed by atoms with Crippen molar-refractivity contribution in [1.82, 2.24) is 4.90 Å². The quantitative estimate of drug-likeness (QED) is 0.648. The molecule has 1 heterocycles. The van der Waals surface area contributed by atoms with Gasteiger partial charge in [-0.2, -0.15) is 0 Å². The molecule has 0 spiro atoms. The van der Waals surface area contributed by atoms with Crippen LogP contribution in [-0.4, -0.2) is 36.2 Å². The molecule has 2 atom stereocenters. The van der Waals surface area contributed by atoms with Crippen molar-refractivity contribution in [2.75, 3.05) is 19.7 Å². The van der Waals surface area contributed by atoms with Gasteiger partial charge in [0.05, 0.1) is 12.7 Å². The van der Waals surface area contributed by atoms with E-state index < -0.39 is 0 Å². The van der Waals surface area contributed by atoms with Crippen molar-refractivity contribution < 1.29 is 4.74 Å². The second-order valence-electron chi connectivity index (χ2n) is 5.14. The number of rotatable bonds is 5. The smallest absolute Gasteiger partial charge is 0.0653 e. The Morgan fingerprint density at radius 1 is 1.60 bits per heavy atom. The lowest BCUT2D eigenvalue weighted by atomic mass is 9.89. The Morgan fingerprint density at radius 2 is 2.27 bits per heavy atom. The molecule has 1 rings (SSSR count). The van der Waals surface area contributed by atoms with Crippen LogP contribution in [0, 0.1) is 5.92 Å². The maximum Gasteiger partial charge on any atom is 0.0653 e. The Morgan fingerprint density at radius 3 is 2.80 bits per heavy atom. The summed E-state index contributed by atoms with van der Waals surface area (Å²) in [5.74, 6) is 0.705. The zero-order chi connectivity index (χ0) is 11.5. The average molecular weight is 211 g/mol. The third kappa shape index (κ3) is 2.82. The molecule has 1 aliphatic rings. The van der Waals surface area contributed by atoms with Gasteiger partial charge in [-0.15, -0.1) is 6.58 Å². The highest BCUT2D eigenvalue weighted by Gasteiger charge is 2.42. The van der Waals surface area contributed by atoms with E-state index in [0.717, 1.165) is 13.2 Å². The summed E-state index contributed by atoms with van der Waals surface area (Å²) in [7, 11) is 0. The minimum absolute atomic E-state index is 0.193. The van der Waals surface area contributed by atoms with Gasteiger partial charge >= 0.3 is 0 Å². The van der Waals surface area contributed by atoms with Crippen molar-refractivity contribution in [2.45, 2.75) is 45.8 Å². The first kappa shape index (κ1) is 12.7. The van der Waals surface area contributed by atoms with E-state index in [4.69, 9.17) is 4.74 Å². The molecule has 1 fully saturated rings. The fraction of sp³-hybridized carbons (Fsp3) is 0.846. The molecular formula is C13H25NO. The van der Waals surface area contributed by atoms with Gasteiger partial charge in [-0.1, -0.05) is 13.0 Å². The molecule has 0 saturated carbocycles. The summed E-state index contributed by atoms with van der Waals surface area (Å²) in [4.78, 5) is 2.49. The fourth-order valence-corrected chi connectivity index (χ4v) is 2.25. The third-order valence-corrected chi connectivity index (χ3v) is 3.67. The molecule has 0 aromatic rings. The second kappa shape index (κ2) is 5.13. The molecule has 1 saturated heterocycles. The van der Waals surface area contributed by atoms with Crippen LogP contribution in [0.3, 0.4) is 0 Å². The standard InChI is InChI=1S/C13H25NO/c1-6-8-14-9-7-12(4)13(14,5)10-15-11(2)3/h6,11-12H,1,7-10H2,2-5H3. The molecular weight excluding hydrogens is 186 g/mol. The zero-order valence-corrected chi connectivity index (χ0v) is 10.6. The maximum absolute atomic E-state index is 5.80. The summed E-state index contributed by atoms with van der Waals surface area (Å²) in [6.07, 6.45) is 3.58. The van der Waals surface area contributed by atoms with Crippen molar-refractivity contribution in [2.24, 2.45) is 5.92 Å². The van der Waals surface area contributed by atoms with Crippen LogP contribution in [0.1, 0.15) is 34.1 Å². The first-order chi connectivity index (χ1) is 7.00. The molecule has 88 valence electrons. The van der Waals surface area contributed by atoms with Crippen molar-refractivity contribution in [1.29, 1.82) is 0 Å². The van der Waals surface area contributed by atoms with E-state index in [2.05, 4.69) is 39.2 Å². The Bertz CT molecular complexity index is 215. The van der Waals surface area contributed by atoms with Crippen molar-refractivity contribution in [3.8, 4) is 0 Å². The van der Waals surface area contributed by atoms with Gasteiger partial charge in [0.2, 0.25) is 0 Å². The van der Waals surface area contributed by atoms with Crippen LogP contribution in [0.15, 0.2) is 12.7 Å². The SMILES string of the molecule is C=CCN1CCC(C)C1(C)COC(C)C. The first-order valence-corrected chi connectivity index (χ1v) is 5.98. The van der Waals surface area contributed by atoms with Crippen molar-refractivity contribution >= 4 is 0 Å². The van der Waals surface area contributed by atoms with Crippen LogP contribution in [-0.2, 0) is 4.74 Å². The Labute approximate surface area is 94.3 Å². The van der Waals surface area contributed by atoms with Gasteiger partial charge in [-0.25, -0.2) is 0 Å². The summed E-state index contributed by atoms with van der Waals surface area (Å²) >= 11 is 0. The summed E-state index contributed by atoms with van der Waals surface area (Å²) in [5.41, 5.74) is 0.193. The van der Waals surface area contributed by atoms with Crippen LogP contribution >= 0.6 is 0 Å². The lowest BCUT2D eigenvalue weighted by molar-refractivity contribution is -0.0156. The van der Waals surface area contributed by atoms with Gasteiger partial charge in [0.15, 0.2) is 0 Å². The molecule has 0 aromatic carbocycles. The van der Waals surface area contributed by atoms with Crippen LogP contribution in [0.2, 0.25) is 0 Å². The van der Waals surface area contributed by atoms with Crippen LogP contribution in [0.5, 0.6) is 0 Å². The number of nitrogens with zero attached hydrogens (tertiary/aromatic N) is 1. The molecule has 0 aliphatic carbocycles. The van der Waals surface area contributed by atoms with E-state index in [0.29, 0.717) is 12.0 Å². The second-order valence-corrected chi connectivity index (χ2v) is 5.14. The molecule has 0 radical (unpaired) electrons. The molecule has 2 heteroatoms. The fourth-order valence-electron chi connectivity index (χ4n) is 2.25. The molecule has 1 aliphatic heterocycles. The minimum atomic E-state index is 0.193. The van der Waals surface area contributed by atoms with Crippen molar-refractivity contribution in [3.05, 3.63) is 12.7 Å². The summed E-state index contributed by atoms with van der Waals surface area (Å²) in [5, 5.41) is 0. The minimum Gasteiger partial charge on any atom is -0.377 e. The maximum atomic E-state index is 5.80. The number of likely N-dealkylation sites (tertiary alicyclic amines) is 1. The van der Waals surface area contributed by atoms with E-state index in [9.17, 15) is 0 Å². The lowest BCUT2D eigenvalue weighted by Crippen LogP contribution is -2.49. The van der Waals surface area contributed by atoms with Gasteiger partial charge in [0, 0.05) is 12.1 Å². The topological polar surface area (TPSA) is 12.5 Å². The molecule has 0 bridgehead atoms. The van der Waals surface area contributed by atoms with Gasteiger partial charge in [-0.3, -0.25) is 4.90 Å². The normalized spacial score (nSPS) is 32.5. The van der Waals surface area contributed by atoms with Gasteiger partial charge < -0.3 is 4.74 Å². The average Bonchev–Trinajstić information content (AvgIpc) is 2.44. The largest absolute Gasteiger partial charge is 0.377 e. The highest BCUT2D eigenvalue weighted by molar-refractivity contribution is 4.98. The lowest BCUT2D eigenvalue weighted by Gasteiger charge is -2.38. The molecule has 2 unspecified atom stereocenters. The van der Waals surface area contributed by atoms with Gasteiger partial charge in [0.25, 0.3) is 0 Å². The van der Waals surface area contributed by atoms with Crippen LogP contribution < -0.4 is 0 Å². The van der Waals surface area contributed by atoms with E-state index in [-0.39, 0.29) is 5.54 Å². The predicted octanol–water partition coefficient (Wildman–Crippen LogP) is 2.70. The highest BCUT2D eigenvalue weighted by atomic mass is 16.5. The number of hydrogen-bond donors (Lipinski definition) is 0. The Hall–Kier alpha value is -0.340. The Kier molecular flexibility index (Phi) is 4.35. The molecule has 0 N–H and O–H groups in total. The monoisotopic (exact) mass is 211 g/mol. The van der Waals surface area contributed by atoms with Crippen LogP contribution in [0.4, 0.5) is 0 Å². The summed E-state index contributed by atoms with van der Waals surface area (Å²) < 4.78 is 5.80. The zero-order valence-electron chi connectivity index (χ0n) is 10.6. The predicted molar refractivity (Wildman–Crippen MR) is 65.0 cm³/mol. The van der Waals surface area contributed by atoms with E-state index >= 15 is 0 Å². The molecule has 0 amide bonds. The van der Waals surface area contributed by atoms with Gasteiger partial charge in [0.1, 0.15) is 0 Å². The summed E-state index contributed by atoms with van der Waals surface area (Å²) in [6, 6.07) is 0. The van der Waals surface area contributed by atoms with E-state index in [1.165, 1.54) is 13.0 Å². The van der Waals surface area contributed by atoms with Gasteiger partial charge in [-0.05, 0) is 39.7 Å². The van der Waals surface area contributed by atoms with E-state index in [1.54, 1.807) is 0 Å². The highest BCUT2D eigenvalue weighted by Crippen LogP contribution is 2.34. The molecule has 15 heavy (non-hydrogen) atoms. The number of ether oxygens (including phenoxy) is 1. The van der Waals surface area contributed by atoms with E-state index in [1.807, 2.05) is 6.08 Å². The third-order valence-electron chi connectivity index (χ3n) is 3.67.